The van der Waals surface area contributed by atoms with E-state index in [1.165, 1.54) is 0 Å². The first-order valence-electron chi connectivity index (χ1n) is 4.65. The van der Waals surface area contributed by atoms with Crippen LogP contribution in [0.1, 0.15) is 16.8 Å². The molecule has 1 aromatic carbocycles. The maximum atomic E-state index is 13.3. The molecule has 0 aliphatic carbocycles. The van der Waals surface area contributed by atoms with Gasteiger partial charge >= 0.3 is 0 Å². The summed E-state index contributed by atoms with van der Waals surface area (Å²) in [4.78, 5) is 21.0. The van der Waals surface area contributed by atoms with Crippen LogP contribution in [0.2, 0.25) is 0 Å². The Labute approximate surface area is 95.8 Å². The smallest absolute Gasteiger partial charge is 0.272 e. The van der Waals surface area contributed by atoms with Gasteiger partial charge in [-0.25, -0.2) is 4.39 Å². The van der Waals surface area contributed by atoms with Crippen molar-refractivity contribution in [1.29, 1.82) is 5.26 Å². The fourth-order valence-electron chi connectivity index (χ4n) is 1.13. The first-order chi connectivity index (χ1) is 8.06. The number of carbonyl (C=O) groups excluding carboxylic acids is 1. The van der Waals surface area contributed by atoms with Crippen LogP contribution in [0.15, 0.2) is 18.2 Å². The van der Waals surface area contributed by atoms with Crippen molar-refractivity contribution >= 4 is 11.6 Å². The van der Waals surface area contributed by atoms with Gasteiger partial charge in [-0.2, -0.15) is 5.26 Å². The number of hydrogen-bond donors (Lipinski definition) is 1. The molecule has 0 aromatic heterocycles. The number of hydrogen-bond acceptors (Lipinski definition) is 4. The predicted molar refractivity (Wildman–Crippen MR) is 55.6 cm³/mol. The van der Waals surface area contributed by atoms with Gasteiger partial charge in [0, 0.05) is 12.6 Å². The Morgan fingerprint density at radius 1 is 1.59 bits per heavy atom. The van der Waals surface area contributed by atoms with Gasteiger partial charge in [-0.15, -0.1) is 0 Å². The molecule has 0 aliphatic heterocycles. The molecule has 0 atom stereocenters. The summed E-state index contributed by atoms with van der Waals surface area (Å²) in [6.07, 6.45) is 0.111. The maximum Gasteiger partial charge on any atom is 0.272 e. The average molecular weight is 237 g/mol. The molecule has 0 aliphatic rings. The number of amides is 1. The van der Waals surface area contributed by atoms with Gasteiger partial charge in [-0.1, -0.05) is 0 Å². The number of nitrogens with one attached hydrogen (secondary N) is 1. The lowest BCUT2D eigenvalue weighted by Gasteiger charge is -2.03. The monoisotopic (exact) mass is 237 g/mol. The van der Waals surface area contributed by atoms with E-state index in [2.05, 4.69) is 5.32 Å². The van der Waals surface area contributed by atoms with Crippen molar-refractivity contribution in [3.63, 3.8) is 0 Å². The molecule has 88 valence electrons. The van der Waals surface area contributed by atoms with Gasteiger partial charge in [0.05, 0.1) is 29.0 Å². The summed E-state index contributed by atoms with van der Waals surface area (Å²) in [5.74, 6) is -1.67. The second-order valence-electron chi connectivity index (χ2n) is 3.09. The number of halogens is 1. The van der Waals surface area contributed by atoms with E-state index in [0.717, 1.165) is 12.1 Å². The zero-order valence-corrected chi connectivity index (χ0v) is 8.64. The minimum atomic E-state index is -0.964. The lowest BCUT2D eigenvalue weighted by Crippen LogP contribution is -2.25. The number of nitro benzene ring substituents is 1. The second kappa shape index (κ2) is 5.55. The Bertz CT molecular complexity index is 496. The summed E-state index contributed by atoms with van der Waals surface area (Å²) < 4.78 is 13.3. The van der Waals surface area contributed by atoms with Crippen LogP contribution in [0.4, 0.5) is 10.1 Å². The number of nitrogens with zero attached hydrogens (tertiary/aromatic N) is 2. The van der Waals surface area contributed by atoms with Gasteiger partial charge in [-0.05, 0) is 6.07 Å². The third-order valence-electron chi connectivity index (χ3n) is 1.93. The van der Waals surface area contributed by atoms with Crippen molar-refractivity contribution < 1.29 is 14.1 Å². The van der Waals surface area contributed by atoms with Gasteiger partial charge in [0.1, 0.15) is 5.82 Å². The highest BCUT2D eigenvalue weighted by atomic mass is 19.1. The molecule has 0 fully saturated rings. The maximum absolute atomic E-state index is 13.3. The molecule has 6 nitrogen and oxygen atoms in total. The molecular weight excluding hydrogens is 229 g/mol. The summed E-state index contributed by atoms with van der Waals surface area (Å²) in [5.41, 5.74) is -0.704. The van der Waals surface area contributed by atoms with E-state index in [1.807, 2.05) is 6.07 Å². The first-order valence-corrected chi connectivity index (χ1v) is 4.65. The lowest BCUT2D eigenvalue weighted by molar-refractivity contribution is -0.385. The van der Waals surface area contributed by atoms with E-state index in [0.29, 0.717) is 6.07 Å². The van der Waals surface area contributed by atoms with E-state index in [9.17, 15) is 19.3 Å². The number of non-ortho nitro benzene ring substituents is 1. The summed E-state index contributed by atoms with van der Waals surface area (Å²) in [6, 6.07) is 4.58. The van der Waals surface area contributed by atoms with Gasteiger partial charge in [-0.3, -0.25) is 14.9 Å². The van der Waals surface area contributed by atoms with Crippen LogP contribution in [-0.4, -0.2) is 17.4 Å². The summed E-state index contributed by atoms with van der Waals surface area (Å²) in [5, 5.41) is 20.9. The van der Waals surface area contributed by atoms with Gasteiger partial charge in [0.2, 0.25) is 0 Å². The highest BCUT2D eigenvalue weighted by molar-refractivity contribution is 5.94. The highest BCUT2D eigenvalue weighted by Crippen LogP contribution is 2.16. The van der Waals surface area contributed by atoms with Crippen molar-refractivity contribution in [1.82, 2.24) is 5.32 Å². The topological polar surface area (TPSA) is 96.0 Å². The number of nitriles is 1. The normalized spacial score (nSPS) is 9.41. The summed E-state index contributed by atoms with van der Waals surface area (Å²) in [7, 11) is 0. The quantitative estimate of drug-likeness (QED) is 0.486. The molecule has 0 bridgehead atoms. The zero-order valence-electron chi connectivity index (χ0n) is 8.64. The molecule has 0 saturated heterocycles. The van der Waals surface area contributed by atoms with E-state index < -0.39 is 22.3 Å². The molecule has 1 rings (SSSR count). The predicted octanol–water partition coefficient (Wildman–Crippen LogP) is 1.38. The van der Waals surface area contributed by atoms with Gasteiger partial charge in [0.15, 0.2) is 0 Å². The third-order valence-corrected chi connectivity index (χ3v) is 1.93. The van der Waals surface area contributed by atoms with Crippen LogP contribution in [-0.2, 0) is 0 Å². The van der Waals surface area contributed by atoms with Crippen LogP contribution in [0.5, 0.6) is 0 Å². The number of rotatable bonds is 4. The molecule has 17 heavy (non-hydrogen) atoms. The van der Waals surface area contributed by atoms with Crippen LogP contribution in [0.3, 0.4) is 0 Å². The van der Waals surface area contributed by atoms with Crippen LogP contribution >= 0.6 is 0 Å². The first kappa shape index (κ1) is 12.6. The minimum absolute atomic E-state index is 0.103. The minimum Gasteiger partial charge on any atom is -0.351 e. The lowest BCUT2D eigenvalue weighted by atomic mass is 10.2. The standard InChI is InChI=1S/C10H8FN3O3/c11-9-6-7(14(16)17)2-3-8(9)10(15)13-5-1-4-12/h2-3,6H,1,5H2,(H,13,15). The fraction of sp³-hybridized carbons (Fsp3) is 0.200. The van der Waals surface area contributed by atoms with E-state index in [4.69, 9.17) is 5.26 Å². The average Bonchev–Trinajstić information content (AvgIpc) is 2.28. The van der Waals surface area contributed by atoms with Crippen molar-refractivity contribution in [2.24, 2.45) is 0 Å². The Kier molecular flexibility index (Phi) is 4.11. The largest absolute Gasteiger partial charge is 0.351 e. The fourth-order valence-corrected chi connectivity index (χ4v) is 1.13. The number of carbonyl (C=O) groups is 1. The molecule has 0 saturated carbocycles. The van der Waals surface area contributed by atoms with Crippen LogP contribution in [0.25, 0.3) is 0 Å². The Balaban J connectivity index is 2.82. The Morgan fingerprint density at radius 3 is 2.82 bits per heavy atom. The second-order valence-corrected chi connectivity index (χ2v) is 3.09. The van der Waals surface area contributed by atoms with Crippen molar-refractivity contribution in [2.45, 2.75) is 6.42 Å². The van der Waals surface area contributed by atoms with Crippen molar-refractivity contribution in [3.05, 3.63) is 39.7 Å². The molecule has 1 aromatic rings. The van der Waals surface area contributed by atoms with E-state index in [-0.39, 0.29) is 18.5 Å². The molecule has 0 radical (unpaired) electrons. The molecule has 1 N–H and O–H groups in total. The Hall–Kier alpha value is -2.49. The van der Waals surface area contributed by atoms with E-state index in [1.54, 1.807) is 0 Å². The van der Waals surface area contributed by atoms with Gasteiger partial charge in [0.25, 0.3) is 11.6 Å². The molecule has 0 spiro atoms. The molecule has 1 amide bonds. The van der Waals surface area contributed by atoms with Crippen molar-refractivity contribution in [2.75, 3.05) is 6.54 Å². The van der Waals surface area contributed by atoms with E-state index >= 15 is 0 Å². The Morgan fingerprint density at radius 2 is 2.29 bits per heavy atom. The zero-order chi connectivity index (χ0) is 12.8. The highest BCUT2D eigenvalue weighted by Gasteiger charge is 2.15. The number of benzene rings is 1. The van der Waals surface area contributed by atoms with Crippen molar-refractivity contribution in [3.8, 4) is 6.07 Å². The molecule has 7 heteroatoms. The molecule has 0 heterocycles. The molecular formula is C10H8FN3O3. The number of nitro groups is 1. The van der Waals surface area contributed by atoms with Gasteiger partial charge < -0.3 is 5.32 Å². The molecule has 0 unspecified atom stereocenters. The third kappa shape index (κ3) is 3.24. The van der Waals surface area contributed by atoms with Crippen LogP contribution < -0.4 is 5.32 Å². The SMILES string of the molecule is N#CCCNC(=O)c1ccc([N+](=O)[O-])cc1F. The summed E-state index contributed by atoms with van der Waals surface area (Å²) in [6.45, 7) is 0.103. The van der Waals surface area contributed by atoms with Crippen LogP contribution in [0, 0.1) is 27.3 Å². The summed E-state index contributed by atoms with van der Waals surface area (Å²) >= 11 is 0.